The molecule has 23 heavy (non-hydrogen) atoms. The van der Waals surface area contributed by atoms with E-state index < -0.39 is 10.0 Å². The van der Waals surface area contributed by atoms with Crippen LogP contribution in [0.4, 0.5) is 17.1 Å². The maximum absolute atomic E-state index is 11.7. The summed E-state index contributed by atoms with van der Waals surface area (Å²) in [7, 11) is 0.512. The van der Waals surface area contributed by atoms with Crippen LogP contribution in [0.2, 0.25) is 0 Å². The van der Waals surface area contributed by atoms with Gasteiger partial charge in [0.1, 0.15) is 5.37 Å². The maximum Gasteiger partial charge on any atom is 0.229 e. The molecule has 1 aliphatic rings. The molecule has 2 N–H and O–H groups in total. The second-order valence-electron chi connectivity index (χ2n) is 5.68. The predicted octanol–water partition coefficient (Wildman–Crippen LogP) is 3.34. The Morgan fingerprint density at radius 3 is 2.57 bits per heavy atom. The highest BCUT2D eigenvalue weighted by Crippen LogP contribution is 2.48. The predicted molar refractivity (Wildman–Crippen MR) is 97.9 cm³/mol. The third kappa shape index (κ3) is 3.56. The lowest BCUT2D eigenvalue weighted by Crippen LogP contribution is -2.15. The number of benzene rings is 2. The molecule has 1 heterocycles. The molecule has 3 rings (SSSR count). The molecule has 0 spiro atoms. The Bertz CT molecular complexity index is 810. The molecule has 2 aromatic carbocycles. The quantitative estimate of drug-likeness (QED) is 0.886. The van der Waals surface area contributed by atoms with Gasteiger partial charge in [-0.15, -0.1) is 0 Å². The monoisotopic (exact) mass is 349 g/mol. The first kappa shape index (κ1) is 16.0. The summed E-state index contributed by atoms with van der Waals surface area (Å²) in [5.41, 5.74) is 3.55. The Morgan fingerprint density at radius 2 is 1.91 bits per heavy atom. The van der Waals surface area contributed by atoms with Gasteiger partial charge >= 0.3 is 0 Å². The van der Waals surface area contributed by atoms with E-state index in [0.29, 0.717) is 5.69 Å². The third-order valence-electron chi connectivity index (χ3n) is 3.55. The summed E-state index contributed by atoms with van der Waals surface area (Å²) >= 11 is 1.68. The molecule has 0 amide bonds. The minimum Gasteiger partial charge on any atom is -0.378 e. The van der Waals surface area contributed by atoms with Crippen LogP contribution < -0.4 is 14.9 Å². The van der Waals surface area contributed by atoms with Crippen molar-refractivity contribution in [1.29, 1.82) is 0 Å². The molecule has 7 heteroatoms. The standard InChI is InChI=1S/C16H19N3O2S2/c1-19(2)11-8-9-12(14(10-11)18-23(3,20)21)16-17-13-6-4-5-7-15(13)22-16/h4-10,16-18H,1-3H3. The zero-order chi connectivity index (χ0) is 16.6. The average molecular weight is 349 g/mol. The number of rotatable bonds is 4. The Morgan fingerprint density at radius 1 is 1.17 bits per heavy atom. The normalized spacial score (nSPS) is 16.6. The van der Waals surface area contributed by atoms with Gasteiger partial charge in [-0.05, 0) is 24.3 Å². The first-order chi connectivity index (χ1) is 10.8. The Kier molecular flexibility index (Phi) is 4.16. The van der Waals surface area contributed by atoms with Gasteiger partial charge in [0.2, 0.25) is 10.0 Å². The van der Waals surface area contributed by atoms with Crippen molar-refractivity contribution in [2.75, 3.05) is 35.3 Å². The fourth-order valence-corrected chi connectivity index (χ4v) is 4.23. The highest BCUT2D eigenvalue weighted by atomic mass is 32.2. The van der Waals surface area contributed by atoms with Crippen molar-refractivity contribution in [2.45, 2.75) is 10.3 Å². The van der Waals surface area contributed by atoms with Crippen molar-refractivity contribution in [1.82, 2.24) is 0 Å². The van der Waals surface area contributed by atoms with E-state index in [-0.39, 0.29) is 5.37 Å². The Balaban J connectivity index is 1.99. The molecule has 1 aliphatic heterocycles. The summed E-state index contributed by atoms with van der Waals surface area (Å²) in [5.74, 6) is 0. The van der Waals surface area contributed by atoms with Gasteiger partial charge in [-0.3, -0.25) is 4.72 Å². The van der Waals surface area contributed by atoms with Crippen LogP contribution in [0.3, 0.4) is 0 Å². The van der Waals surface area contributed by atoms with Crippen LogP contribution in [0.15, 0.2) is 47.4 Å². The molecular weight excluding hydrogens is 330 g/mol. The van der Waals surface area contributed by atoms with Crippen molar-refractivity contribution in [2.24, 2.45) is 0 Å². The minimum atomic E-state index is -3.34. The lowest BCUT2D eigenvalue weighted by molar-refractivity contribution is 0.606. The topological polar surface area (TPSA) is 61.4 Å². The largest absolute Gasteiger partial charge is 0.378 e. The smallest absolute Gasteiger partial charge is 0.229 e. The highest BCUT2D eigenvalue weighted by Gasteiger charge is 2.25. The summed E-state index contributed by atoms with van der Waals surface area (Å²) in [6.45, 7) is 0. The third-order valence-corrected chi connectivity index (χ3v) is 5.36. The van der Waals surface area contributed by atoms with Crippen LogP contribution in [0.25, 0.3) is 0 Å². The van der Waals surface area contributed by atoms with Crippen molar-refractivity contribution in [3.8, 4) is 0 Å². The van der Waals surface area contributed by atoms with Gasteiger partial charge in [-0.1, -0.05) is 30.0 Å². The zero-order valence-electron chi connectivity index (χ0n) is 13.2. The molecule has 2 aromatic rings. The number of nitrogens with one attached hydrogen (secondary N) is 2. The fraction of sp³-hybridized carbons (Fsp3) is 0.250. The van der Waals surface area contributed by atoms with Crippen molar-refractivity contribution in [3.05, 3.63) is 48.0 Å². The van der Waals surface area contributed by atoms with Crippen molar-refractivity contribution in [3.63, 3.8) is 0 Å². The van der Waals surface area contributed by atoms with Gasteiger partial charge in [0.05, 0.1) is 11.9 Å². The van der Waals surface area contributed by atoms with E-state index >= 15 is 0 Å². The molecule has 0 aromatic heterocycles. The van der Waals surface area contributed by atoms with E-state index in [4.69, 9.17) is 0 Å². The van der Waals surface area contributed by atoms with E-state index in [2.05, 4.69) is 16.1 Å². The lowest BCUT2D eigenvalue weighted by Gasteiger charge is -2.20. The summed E-state index contributed by atoms with van der Waals surface area (Å²) in [6, 6.07) is 13.9. The summed E-state index contributed by atoms with van der Waals surface area (Å²) < 4.78 is 26.1. The Labute approximate surface area is 141 Å². The first-order valence-electron chi connectivity index (χ1n) is 7.15. The number of para-hydroxylation sites is 1. The van der Waals surface area contributed by atoms with E-state index in [1.54, 1.807) is 11.8 Å². The van der Waals surface area contributed by atoms with Crippen LogP contribution in [0.5, 0.6) is 0 Å². The van der Waals surface area contributed by atoms with Crippen LogP contribution in [-0.4, -0.2) is 28.8 Å². The molecule has 122 valence electrons. The second-order valence-corrected chi connectivity index (χ2v) is 8.57. The molecule has 1 unspecified atom stereocenters. The van der Waals surface area contributed by atoms with Crippen LogP contribution in [0, 0.1) is 0 Å². The molecule has 0 saturated heterocycles. The molecule has 0 fully saturated rings. The second kappa shape index (κ2) is 5.98. The number of thioether (sulfide) groups is 1. The molecule has 0 saturated carbocycles. The van der Waals surface area contributed by atoms with Crippen molar-refractivity contribution < 1.29 is 8.42 Å². The number of sulfonamides is 1. The lowest BCUT2D eigenvalue weighted by atomic mass is 10.1. The Hall–Kier alpha value is -1.86. The van der Waals surface area contributed by atoms with Gasteiger partial charge in [0.25, 0.3) is 0 Å². The van der Waals surface area contributed by atoms with E-state index in [1.807, 2.05) is 55.4 Å². The fourth-order valence-electron chi connectivity index (χ4n) is 2.47. The van der Waals surface area contributed by atoms with Gasteiger partial charge < -0.3 is 10.2 Å². The van der Waals surface area contributed by atoms with Crippen LogP contribution in [0.1, 0.15) is 10.9 Å². The molecule has 0 radical (unpaired) electrons. The summed E-state index contributed by atoms with van der Waals surface area (Å²) in [4.78, 5) is 3.11. The molecule has 1 atom stereocenters. The van der Waals surface area contributed by atoms with Crippen LogP contribution in [-0.2, 0) is 10.0 Å². The molecule has 5 nitrogen and oxygen atoms in total. The number of hydrogen-bond donors (Lipinski definition) is 2. The SMILES string of the molecule is CN(C)c1ccc(C2Nc3ccccc3S2)c(NS(C)(=O)=O)c1. The molecule has 0 bridgehead atoms. The van der Waals surface area contributed by atoms with Gasteiger partial charge in [0, 0.05) is 35.9 Å². The van der Waals surface area contributed by atoms with Gasteiger partial charge in [-0.25, -0.2) is 8.42 Å². The summed E-state index contributed by atoms with van der Waals surface area (Å²) in [5, 5.41) is 3.42. The van der Waals surface area contributed by atoms with Crippen molar-refractivity contribution >= 4 is 38.8 Å². The maximum atomic E-state index is 11.7. The molecule has 0 aliphatic carbocycles. The molecular formula is C16H19N3O2S2. The number of nitrogens with zero attached hydrogens (tertiary/aromatic N) is 1. The number of fused-ring (bicyclic) bond motifs is 1. The van der Waals surface area contributed by atoms with Crippen LogP contribution >= 0.6 is 11.8 Å². The van der Waals surface area contributed by atoms with Gasteiger partial charge in [-0.2, -0.15) is 0 Å². The number of hydrogen-bond acceptors (Lipinski definition) is 5. The summed E-state index contributed by atoms with van der Waals surface area (Å²) in [6.07, 6.45) is 1.17. The highest BCUT2D eigenvalue weighted by molar-refractivity contribution is 8.00. The van der Waals surface area contributed by atoms with E-state index in [0.717, 1.165) is 16.9 Å². The minimum absolute atomic E-state index is 0.0205. The van der Waals surface area contributed by atoms with Gasteiger partial charge in [0.15, 0.2) is 0 Å². The van der Waals surface area contributed by atoms with E-state index in [9.17, 15) is 8.42 Å². The first-order valence-corrected chi connectivity index (χ1v) is 9.92. The zero-order valence-corrected chi connectivity index (χ0v) is 14.8. The van der Waals surface area contributed by atoms with E-state index in [1.165, 1.54) is 11.2 Å². The average Bonchev–Trinajstić information content (AvgIpc) is 2.88. The number of anilines is 3.